The van der Waals surface area contributed by atoms with E-state index in [1.54, 1.807) is 18.9 Å². The Balaban J connectivity index is 2.30. The smallest absolute Gasteiger partial charge is 0.248 e. The van der Waals surface area contributed by atoms with Gasteiger partial charge in [-0.2, -0.15) is 0 Å². The monoisotopic (exact) mass is 233 g/mol. The number of anilines is 1. The number of nitrogens with one attached hydrogen (secondary N) is 1. The van der Waals surface area contributed by atoms with Gasteiger partial charge in [-0.25, -0.2) is 0 Å². The highest BCUT2D eigenvalue weighted by atomic mass is 16.2. The summed E-state index contributed by atoms with van der Waals surface area (Å²) in [4.78, 5) is 24.6. The van der Waals surface area contributed by atoms with Gasteiger partial charge < -0.3 is 10.6 Å². The average molecular weight is 233 g/mol. The third kappa shape index (κ3) is 1.89. The van der Waals surface area contributed by atoms with Gasteiger partial charge in [0.05, 0.1) is 6.04 Å². The molecule has 2 rings (SSSR count). The minimum atomic E-state index is -0.538. The second kappa shape index (κ2) is 4.18. The molecule has 17 heavy (non-hydrogen) atoms. The van der Waals surface area contributed by atoms with Gasteiger partial charge in [0.1, 0.15) is 6.04 Å². The van der Waals surface area contributed by atoms with E-state index in [0.29, 0.717) is 0 Å². The predicted molar refractivity (Wildman–Crippen MR) is 64.4 cm³/mol. The molecule has 0 fully saturated rings. The zero-order valence-electron chi connectivity index (χ0n) is 9.81. The van der Waals surface area contributed by atoms with Crippen molar-refractivity contribution in [3.05, 3.63) is 29.8 Å². The Morgan fingerprint density at radius 1 is 1.47 bits per heavy atom. The van der Waals surface area contributed by atoms with Gasteiger partial charge in [-0.15, -0.1) is 0 Å². The van der Waals surface area contributed by atoms with Crippen LogP contribution in [0.1, 0.15) is 18.5 Å². The van der Waals surface area contributed by atoms with E-state index in [0.717, 1.165) is 11.3 Å². The second-order valence-corrected chi connectivity index (χ2v) is 4.18. The van der Waals surface area contributed by atoms with Gasteiger partial charge in [0.15, 0.2) is 0 Å². The second-order valence-electron chi connectivity index (χ2n) is 4.18. The number of hydrogen-bond acceptors (Lipinski definition) is 3. The molecule has 0 saturated carbocycles. The first-order valence-electron chi connectivity index (χ1n) is 5.44. The molecule has 0 radical (unpaired) electrons. The molecule has 1 aliphatic heterocycles. The summed E-state index contributed by atoms with van der Waals surface area (Å²) in [6.45, 7) is 1.65. The molecule has 5 nitrogen and oxygen atoms in total. The van der Waals surface area contributed by atoms with Crippen molar-refractivity contribution in [1.82, 2.24) is 5.32 Å². The zero-order chi connectivity index (χ0) is 12.6. The molecule has 2 amide bonds. The van der Waals surface area contributed by atoms with E-state index in [4.69, 9.17) is 5.73 Å². The van der Waals surface area contributed by atoms with Gasteiger partial charge in [-0.05, 0) is 13.0 Å². The summed E-state index contributed by atoms with van der Waals surface area (Å²) in [5.41, 5.74) is 6.94. The lowest BCUT2D eigenvalue weighted by atomic mass is 10.1. The van der Waals surface area contributed by atoms with E-state index >= 15 is 0 Å². The normalized spacial score (nSPS) is 20.2. The fraction of sp³-hybridized carbons (Fsp3) is 0.333. The molecule has 0 aromatic heterocycles. The summed E-state index contributed by atoms with van der Waals surface area (Å²) in [5, 5.41) is 2.95. The SMILES string of the molecule is CC(NC1C(=O)N(C)c2ccccc21)C(N)=O. The largest absolute Gasteiger partial charge is 0.368 e. The Bertz CT molecular complexity index is 473. The van der Waals surface area contributed by atoms with Crippen molar-refractivity contribution in [2.24, 2.45) is 5.73 Å². The van der Waals surface area contributed by atoms with Crippen molar-refractivity contribution in [2.75, 3.05) is 11.9 Å². The van der Waals surface area contributed by atoms with E-state index in [-0.39, 0.29) is 5.91 Å². The lowest BCUT2D eigenvalue weighted by molar-refractivity contribution is -0.121. The lowest BCUT2D eigenvalue weighted by Gasteiger charge is -2.16. The Hall–Kier alpha value is -1.88. The van der Waals surface area contributed by atoms with Gasteiger partial charge in [0.25, 0.3) is 0 Å². The first-order valence-corrected chi connectivity index (χ1v) is 5.44. The third-order valence-corrected chi connectivity index (χ3v) is 3.03. The number of nitrogens with two attached hydrogens (primary N) is 1. The van der Waals surface area contributed by atoms with Crippen molar-refractivity contribution in [3.8, 4) is 0 Å². The molecule has 2 unspecified atom stereocenters. The van der Waals surface area contributed by atoms with Gasteiger partial charge >= 0.3 is 0 Å². The Labute approximate surface area is 99.6 Å². The number of benzene rings is 1. The van der Waals surface area contributed by atoms with Crippen molar-refractivity contribution < 1.29 is 9.59 Å². The quantitative estimate of drug-likeness (QED) is 0.781. The summed E-state index contributed by atoms with van der Waals surface area (Å²) >= 11 is 0. The number of amides is 2. The molecule has 1 aliphatic rings. The predicted octanol–water partition coefficient (Wildman–Crippen LogP) is 0.167. The number of primary amides is 1. The van der Waals surface area contributed by atoms with E-state index in [1.807, 2.05) is 24.3 Å². The Morgan fingerprint density at radius 2 is 2.12 bits per heavy atom. The van der Waals surface area contributed by atoms with Crippen molar-refractivity contribution in [3.63, 3.8) is 0 Å². The van der Waals surface area contributed by atoms with Crippen molar-refractivity contribution in [2.45, 2.75) is 19.0 Å². The molecule has 1 heterocycles. The number of nitrogens with zero attached hydrogens (tertiary/aromatic N) is 1. The average Bonchev–Trinajstić information content (AvgIpc) is 2.55. The number of hydrogen-bond donors (Lipinski definition) is 2. The maximum atomic E-state index is 12.0. The molecule has 0 bridgehead atoms. The molecule has 1 aromatic carbocycles. The zero-order valence-corrected chi connectivity index (χ0v) is 9.81. The fourth-order valence-corrected chi connectivity index (χ4v) is 1.98. The van der Waals surface area contributed by atoms with E-state index in [9.17, 15) is 9.59 Å². The molecule has 1 aromatic rings. The summed E-state index contributed by atoms with van der Waals surface area (Å²) in [6.07, 6.45) is 0. The van der Waals surface area contributed by atoms with Crippen LogP contribution in [-0.4, -0.2) is 24.9 Å². The van der Waals surface area contributed by atoms with Crippen LogP contribution in [0, 0.1) is 0 Å². The molecule has 3 N–H and O–H groups in total. The summed E-state index contributed by atoms with van der Waals surface area (Å²) in [5.74, 6) is -0.538. The number of para-hydroxylation sites is 1. The highest BCUT2D eigenvalue weighted by molar-refractivity contribution is 6.04. The molecule has 2 atom stereocenters. The summed E-state index contributed by atoms with van der Waals surface area (Å²) in [6, 6.07) is 6.48. The van der Waals surface area contributed by atoms with Crippen LogP contribution in [0.4, 0.5) is 5.69 Å². The molecule has 5 heteroatoms. The fourth-order valence-electron chi connectivity index (χ4n) is 1.98. The van der Waals surface area contributed by atoms with Gasteiger partial charge in [-0.3, -0.25) is 14.9 Å². The molecule has 90 valence electrons. The number of fused-ring (bicyclic) bond motifs is 1. The standard InChI is InChI=1S/C12H15N3O2/c1-7(11(13)16)14-10-8-5-3-4-6-9(8)15(2)12(10)17/h3-7,10,14H,1-2H3,(H2,13,16). The number of rotatable bonds is 3. The van der Waals surface area contributed by atoms with Crippen molar-refractivity contribution in [1.29, 1.82) is 0 Å². The Kier molecular flexibility index (Phi) is 2.85. The highest BCUT2D eigenvalue weighted by Gasteiger charge is 2.35. The number of likely N-dealkylation sites (N-methyl/N-ethyl adjacent to an activating group) is 1. The van der Waals surface area contributed by atoms with Crippen LogP contribution in [0.2, 0.25) is 0 Å². The summed E-state index contributed by atoms with van der Waals surface area (Å²) in [7, 11) is 1.72. The van der Waals surface area contributed by atoms with Crippen LogP contribution >= 0.6 is 0 Å². The number of carbonyl (C=O) groups is 2. The van der Waals surface area contributed by atoms with Crippen LogP contribution in [0.25, 0.3) is 0 Å². The van der Waals surface area contributed by atoms with Gasteiger partial charge in [0.2, 0.25) is 11.8 Å². The minimum absolute atomic E-state index is 0.0701. The minimum Gasteiger partial charge on any atom is -0.368 e. The first-order chi connectivity index (χ1) is 8.02. The molecular formula is C12H15N3O2. The highest BCUT2D eigenvalue weighted by Crippen LogP contribution is 2.34. The Morgan fingerprint density at radius 3 is 2.76 bits per heavy atom. The van der Waals surface area contributed by atoms with Crippen LogP contribution < -0.4 is 16.0 Å². The topological polar surface area (TPSA) is 75.4 Å². The maximum Gasteiger partial charge on any atom is 0.248 e. The summed E-state index contributed by atoms with van der Waals surface area (Å²) < 4.78 is 0. The van der Waals surface area contributed by atoms with Gasteiger partial charge in [-0.1, -0.05) is 18.2 Å². The molecular weight excluding hydrogens is 218 g/mol. The van der Waals surface area contributed by atoms with Crippen LogP contribution in [0.3, 0.4) is 0 Å². The third-order valence-electron chi connectivity index (χ3n) is 3.03. The van der Waals surface area contributed by atoms with Crippen LogP contribution in [-0.2, 0) is 9.59 Å². The van der Waals surface area contributed by atoms with Crippen LogP contribution in [0.15, 0.2) is 24.3 Å². The van der Waals surface area contributed by atoms with E-state index in [1.165, 1.54) is 0 Å². The van der Waals surface area contributed by atoms with Crippen molar-refractivity contribution >= 4 is 17.5 Å². The lowest BCUT2D eigenvalue weighted by Crippen LogP contribution is -2.43. The maximum absolute atomic E-state index is 12.0. The molecule has 0 aliphatic carbocycles. The van der Waals surface area contributed by atoms with Gasteiger partial charge in [0, 0.05) is 18.3 Å². The van der Waals surface area contributed by atoms with E-state index < -0.39 is 18.0 Å². The van der Waals surface area contributed by atoms with E-state index in [2.05, 4.69) is 5.32 Å². The first kappa shape index (κ1) is 11.6. The van der Waals surface area contributed by atoms with Crippen LogP contribution in [0.5, 0.6) is 0 Å². The molecule has 0 spiro atoms. The molecule has 0 saturated heterocycles. The number of carbonyl (C=O) groups excluding carboxylic acids is 2.